The number of piperidine rings is 1. The van der Waals surface area contributed by atoms with Gasteiger partial charge in [-0.15, -0.1) is 0 Å². The molecule has 2 aromatic rings. The maximum absolute atomic E-state index is 6.05. The van der Waals surface area contributed by atoms with Crippen molar-refractivity contribution in [3.8, 4) is 11.4 Å². The van der Waals surface area contributed by atoms with E-state index in [0.29, 0.717) is 22.9 Å². The molecule has 0 saturated carbocycles. The van der Waals surface area contributed by atoms with Crippen LogP contribution < -0.4 is 5.32 Å². The molecule has 1 N–H and O–H groups in total. The first kappa shape index (κ1) is 23.4. The number of benzene rings is 1. The molecule has 0 amide bonds. The van der Waals surface area contributed by atoms with Gasteiger partial charge in [-0.25, -0.2) is 4.98 Å². The first-order chi connectivity index (χ1) is 13.6. The summed E-state index contributed by atoms with van der Waals surface area (Å²) in [6.45, 7) is 5.13. The number of likely N-dealkylation sites (N-methyl/N-ethyl adjacent to an activating group) is 1. The molecule has 1 aromatic heterocycles. The van der Waals surface area contributed by atoms with Crippen LogP contribution in [0.1, 0.15) is 31.2 Å². The van der Waals surface area contributed by atoms with Crippen molar-refractivity contribution in [2.45, 2.75) is 33.4 Å². The van der Waals surface area contributed by atoms with Gasteiger partial charge in [0.1, 0.15) is 0 Å². The molecule has 1 aromatic carbocycles. The number of rotatable bonds is 4. The molecule has 3 rings (SSSR count). The van der Waals surface area contributed by atoms with Crippen molar-refractivity contribution in [3.05, 3.63) is 35.7 Å². The average Bonchev–Trinajstić information content (AvgIpc) is 2.66. The van der Waals surface area contributed by atoms with E-state index in [9.17, 15) is 0 Å². The molecule has 0 radical (unpaired) electrons. The van der Waals surface area contributed by atoms with Crippen LogP contribution in [0.4, 0.5) is 5.95 Å². The normalized spacial score (nSPS) is 18.7. The zero-order valence-electron chi connectivity index (χ0n) is 15.5. The highest BCUT2D eigenvalue weighted by Gasteiger charge is 2.30. The molecular weight excluding hydrogens is 499 g/mol. The lowest BCUT2D eigenvalue weighted by atomic mass is 10.1. The maximum atomic E-state index is 6.05. The molecule has 2 heterocycles. The van der Waals surface area contributed by atoms with E-state index in [0.717, 1.165) is 32.5 Å². The van der Waals surface area contributed by atoms with Gasteiger partial charge in [-0.3, -0.25) is 0 Å². The van der Waals surface area contributed by atoms with Crippen LogP contribution in [0.15, 0.2) is 24.3 Å². The number of anilines is 1. The van der Waals surface area contributed by atoms with E-state index >= 15 is 0 Å². The second-order valence-corrected chi connectivity index (χ2v) is 11.3. The topological polar surface area (TPSA) is 53.9 Å². The summed E-state index contributed by atoms with van der Waals surface area (Å²) in [7, 11) is 0. The Morgan fingerprint density at radius 3 is 2.28 bits per heavy atom. The number of nitrogens with one attached hydrogen (secondary N) is 1. The Morgan fingerprint density at radius 2 is 1.69 bits per heavy atom. The first-order valence-electron chi connectivity index (χ1n) is 9.06. The third-order valence-corrected chi connectivity index (χ3v) is 5.81. The Labute approximate surface area is 200 Å². The number of hydrogen-bond donors (Lipinski definition) is 1. The Kier molecular flexibility index (Phi) is 7.64. The summed E-state index contributed by atoms with van der Waals surface area (Å²) in [5.74, 6) is 0.774. The smallest absolute Gasteiger partial charge is 0.250 e. The minimum Gasteiger partial charge on any atom is -0.350 e. The Balaban J connectivity index is 1.92. The van der Waals surface area contributed by atoms with Gasteiger partial charge < -0.3 is 10.2 Å². The van der Waals surface area contributed by atoms with Crippen molar-refractivity contribution in [2.24, 2.45) is 0 Å². The predicted octanol–water partition coefficient (Wildman–Crippen LogP) is 6.09. The fraction of sp³-hybridized carbons (Fsp3) is 0.500. The number of aromatic nitrogens is 3. The van der Waals surface area contributed by atoms with Gasteiger partial charge >= 0.3 is 0 Å². The highest BCUT2D eigenvalue weighted by atomic mass is 35.6. The zero-order chi connectivity index (χ0) is 21.2. The lowest BCUT2D eigenvalue weighted by molar-refractivity contribution is 0.226. The quantitative estimate of drug-likeness (QED) is 0.497. The van der Waals surface area contributed by atoms with E-state index < -0.39 is 7.59 Å². The molecule has 11 heteroatoms. The summed E-state index contributed by atoms with van der Waals surface area (Å²) in [5, 5.41) is 3.36. The second-order valence-electron chi connectivity index (χ2n) is 6.76. The van der Waals surface area contributed by atoms with Gasteiger partial charge in [-0.2, -0.15) is 9.97 Å². The van der Waals surface area contributed by atoms with Crippen molar-refractivity contribution in [3.63, 3.8) is 0 Å². The van der Waals surface area contributed by atoms with Crippen LogP contribution in [-0.4, -0.2) is 45.5 Å². The third-order valence-electron chi connectivity index (χ3n) is 4.65. The average molecular weight is 518 g/mol. The molecule has 1 saturated heterocycles. The molecule has 1 unspecified atom stereocenters. The molecule has 1 aliphatic rings. The third kappa shape index (κ3) is 6.36. The lowest BCUT2D eigenvalue weighted by Crippen LogP contribution is -2.42. The summed E-state index contributed by atoms with van der Waals surface area (Å²) in [5.41, 5.74) is 1.21. The molecule has 5 nitrogen and oxygen atoms in total. The van der Waals surface area contributed by atoms with Gasteiger partial charge in [0.25, 0.3) is 0 Å². The van der Waals surface area contributed by atoms with Crippen molar-refractivity contribution in [1.29, 1.82) is 0 Å². The lowest BCUT2D eigenvalue weighted by Gasteiger charge is -2.32. The standard InChI is InChI=1S/C18H19Cl6N5/c1-2-29-9-3-4-13(10-29)25-16-27-14(26-15(28-16)18(22,23)24)11-5-7-12(8-6-11)17(19,20)21/h5-8,13H,2-4,9-10H2,1H3,(H,25,26,27,28). The van der Waals surface area contributed by atoms with Crippen molar-refractivity contribution >= 4 is 75.6 Å². The summed E-state index contributed by atoms with van der Waals surface area (Å²) in [6, 6.07) is 7.08. The van der Waals surface area contributed by atoms with Crippen LogP contribution in [0, 0.1) is 0 Å². The van der Waals surface area contributed by atoms with Gasteiger partial charge in [-0.1, -0.05) is 101 Å². The van der Waals surface area contributed by atoms with Crippen molar-refractivity contribution in [1.82, 2.24) is 19.9 Å². The monoisotopic (exact) mass is 515 g/mol. The van der Waals surface area contributed by atoms with E-state index in [1.54, 1.807) is 24.3 Å². The van der Waals surface area contributed by atoms with E-state index in [1.165, 1.54) is 0 Å². The van der Waals surface area contributed by atoms with Crippen LogP contribution >= 0.6 is 69.6 Å². The van der Waals surface area contributed by atoms with Crippen LogP contribution in [0.5, 0.6) is 0 Å². The van der Waals surface area contributed by atoms with Crippen LogP contribution in [0.25, 0.3) is 11.4 Å². The highest BCUT2D eigenvalue weighted by molar-refractivity contribution is 6.67. The van der Waals surface area contributed by atoms with E-state index in [4.69, 9.17) is 69.6 Å². The molecule has 0 bridgehead atoms. The van der Waals surface area contributed by atoms with Gasteiger partial charge in [0.2, 0.25) is 13.5 Å². The Morgan fingerprint density at radius 1 is 1.00 bits per heavy atom. The largest absolute Gasteiger partial charge is 0.350 e. The van der Waals surface area contributed by atoms with Gasteiger partial charge in [0.05, 0.1) is 0 Å². The fourth-order valence-electron chi connectivity index (χ4n) is 3.15. The molecule has 158 valence electrons. The van der Waals surface area contributed by atoms with Gasteiger partial charge in [-0.05, 0) is 25.9 Å². The summed E-state index contributed by atoms with van der Waals surface area (Å²) >= 11 is 35.9. The molecule has 1 atom stereocenters. The SMILES string of the molecule is CCN1CCCC(Nc2nc(-c3ccc(C(Cl)(Cl)Cl)cc3)nc(C(Cl)(Cl)Cl)n2)C1. The number of halogens is 6. The Bertz CT molecular complexity index is 834. The molecule has 1 aliphatic heterocycles. The predicted molar refractivity (Wildman–Crippen MR) is 122 cm³/mol. The van der Waals surface area contributed by atoms with Crippen LogP contribution in [0.3, 0.4) is 0 Å². The number of alkyl halides is 6. The summed E-state index contributed by atoms with van der Waals surface area (Å²) in [4.78, 5) is 15.5. The van der Waals surface area contributed by atoms with Crippen LogP contribution in [0.2, 0.25) is 0 Å². The van der Waals surface area contributed by atoms with E-state index in [-0.39, 0.29) is 11.9 Å². The molecule has 0 aliphatic carbocycles. The van der Waals surface area contributed by atoms with Crippen molar-refractivity contribution in [2.75, 3.05) is 25.0 Å². The Hall–Kier alpha value is -0.270. The summed E-state index contributed by atoms with van der Waals surface area (Å²) < 4.78 is -3.30. The van der Waals surface area contributed by atoms with Crippen LogP contribution in [-0.2, 0) is 7.59 Å². The van der Waals surface area contributed by atoms with E-state index in [2.05, 4.69) is 32.1 Å². The van der Waals surface area contributed by atoms with Gasteiger partial charge in [0, 0.05) is 23.7 Å². The number of nitrogens with zero attached hydrogens (tertiary/aromatic N) is 4. The van der Waals surface area contributed by atoms with Crippen molar-refractivity contribution < 1.29 is 0 Å². The summed E-state index contributed by atoms with van der Waals surface area (Å²) in [6.07, 6.45) is 2.11. The van der Waals surface area contributed by atoms with Gasteiger partial charge in [0.15, 0.2) is 11.6 Å². The fourth-order valence-corrected chi connectivity index (χ4v) is 3.78. The maximum Gasteiger partial charge on any atom is 0.250 e. The second kappa shape index (κ2) is 9.47. The minimum absolute atomic E-state index is 0.0450. The number of hydrogen-bond acceptors (Lipinski definition) is 5. The zero-order valence-corrected chi connectivity index (χ0v) is 20.0. The molecule has 0 spiro atoms. The first-order valence-corrected chi connectivity index (χ1v) is 11.3. The molecule has 29 heavy (non-hydrogen) atoms. The molecule has 1 fully saturated rings. The molecular formula is C18H19Cl6N5. The number of likely N-dealkylation sites (tertiary alicyclic amines) is 1. The minimum atomic E-state index is -1.78. The highest BCUT2D eigenvalue weighted by Crippen LogP contribution is 2.39. The van der Waals surface area contributed by atoms with E-state index in [1.807, 2.05) is 0 Å².